The quantitative estimate of drug-likeness (QED) is 0.192. The molecule has 6 heavy (non-hydrogen) atoms. The molecule has 0 aromatic rings. The maximum Gasteiger partial charge on any atom is 1.00 e. The van der Waals surface area contributed by atoms with E-state index in [-0.39, 0.29) is 35.7 Å². The Morgan fingerprint density at radius 2 is 1.67 bits per heavy atom. The zero-order chi connectivity index (χ0) is 3.58. The first-order chi connectivity index (χ1) is 1.73. The van der Waals surface area contributed by atoms with Crippen molar-refractivity contribution in [3.05, 3.63) is 10.1 Å². The zero-order valence-corrected chi connectivity index (χ0v) is 5.42. The van der Waals surface area contributed by atoms with Gasteiger partial charge in [0, 0.05) is 0 Å². The first-order valence-corrected chi connectivity index (χ1v) is 0.565. The van der Waals surface area contributed by atoms with Crippen molar-refractivity contribution in [1.82, 2.24) is 6.15 Å². The van der Waals surface area contributed by atoms with Crippen LogP contribution < -0.4 is 35.7 Å². The molecule has 0 aliphatic heterocycles. The van der Waals surface area contributed by atoms with Crippen LogP contribution in [0.1, 0.15) is 0 Å². The number of hydrogen-bond acceptors (Lipinski definition) is 3. The summed E-state index contributed by atoms with van der Waals surface area (Å²) in [6, 6.07) is 0. The maximum absolute atomic E-state index is 8.36. The molecule has 32 valence electrons. The second kappa shape index (κ2) is 8.94. The summed E-state index contributed by atoms with van der Waals surface area (Å²) in [6.45, 7) is 0. The summed E-state index contributed by atoms with van der Waals surface area (Å²) in [5.41, 5.74) is 0. The van der Waals surface area contributed by atoms with Gasteiger partial charge in [0.2, 0.25) is 0 Å². The summed E-state index contributed by atoms with van der Waals surface area (Å²) in [4.78, 5) is 8.36. The first-order valence-electron chi connectivity index (χ1n) is 0.565. The Morgan fingerprint density at radius 1 is 1.67 bits per heavy atom. The normalized spacial score (nSPS) is 4.00. The van der Waals surface area contributed by atoms with Crippen LogP contribution in [0.4, 0.5) is 0 Å². The van der Waals surface area contributed by atoms with E-state index in [4.69, 9.17) is 15.3 Å². The molecular formula is H4N2NaO3+. The Balaban J connectivity index is -0.0000000450. The Labute approximate surface area is 56.3 Å². The maximum atomic E-state index is 8.36. The summed E-state index contributed by atoms with van der Waals surface area (Å²) in [6.07, 6.45) is 0. The molecule has 4 N–H and O–H groups in total. The topological polar surface area (TPSA) is 98.4 Å². The number of hydrogen-bond donors (Lipinski definition) is 2. The van der Waals surface area contributed by atoms with Gasteiger partial charge in [-0.3, -0.25) is 0 Å². The Bertz CT molecular complexity index is 31.8. The van der Waals surface area contributed by atoms with E-state index < -0.39 is 5.09 Å². The minimum atomic E-state index is -1.50. The van der Waals surface area contributed by atoms with Gasteiger partial charge in [-0.1, -0.05) is 0 Å². The molecule has 5 nitrogen and oxygen atoms in total. The van der Waals surface area contributed by atoms with Crippen molar-refractivity contribution >= 4 is 0 Å². The average molecular weight is 103 g/mol. The smallest absolute Gasteiger partial charge is 0.344 e. The van der Waals surface area contributed by atoms with Crippen LogP contribution in [-0.4, -0.2) is 10.3 Å². The summed E-state index contributed by atoms with van der Waals surface area (Å²) in [5, 5.41) is 13.6. The minimum Gasteiger partial charge on any atom is -0.344 e. The Hall–Kier alpha value is 0.160. The molecule has 0 aromatic heterocycles. The molecular weight excluding hydrogens is 99.0 g/mol. The van der Waals surface area contributed by atoms with E-state index in [0.717, 1.165) is 0 Å². The largest absolute Gasteiger partial charge is 1.00 e. The van der Waals surface area contributed by atoms with Crippen LogP contribution >= 0.6 is 0 Å². The van der Waals surface area contributed by atoms with Crippen LogP contribution in [0.15, 0.2) is 0 Å². The summed E-state index contributed by atoms with van der Waals surface area (Å²) >= 11 is 0. The predicted molar refractivity (Wildman–Crippen MR) is 13.8 cm³/mol. The van der Waals surface area contributed by atoms with Crippen molar-refractivity contribution in [3.63, 3.8) is 0 Å². The van der Waals surface area contributed by atoms with E-state index in [1.165, 1.54) is 0 Å². The summed E-state index contributed by atoms with van der Waals surface area (Å²) < 4.78 is 0. The van der Waals surface area contributed by atoms with Crippen molar-refractivity contribution in [1.29, 1.82) is 0 Å². The summed E-state index contributed by atoms with van der Waals surface area (Å²) in [7, 11) is 0. The van der Waals surface area contributed by atoms with E-state index in [0.29, 0.717) is 0 Å². The molecule has 0 atom stereocenters. The van der Waals surface area contributed by atoms with Crippen LogP contribution in [0.2, 0.25) is 0 Å². The summed E-state index contributed by atoms with van der Waals surface area (Å²) in [5.74, 6) is 0. The third-order valence-electron chi connectivity index (χ3n) is 0. The van der Waals surface area contributed by atoms with Crippen molar-refractivity contribution in [2.75, 3.05) is 0 Å². The monoisotopic (exact) mass is 103 g/mol. The van der Waals surface area contributed by atoms with Crippen LogP contribution in [0, 0.1) is 10.1 Å². The molecule has 0 aliphatic rings. The fourth-order valence-electron chi connectivity index (χ4n) is 0. The minimum absolute atomic E-state index is 0. The molecule has 0 bridgehead atoms. The van der Waals surface area contributed by atoms with Crippen LogP contribution in [0.5, 0.6) is 0 Å². The molecule has 0 saturated heterocycles. The third kappa shape index (κ3) is 1620. The molecule has 0 rings (SSSR count). The molecule has 0 aliphatic carbocycles. The second-order valence-corrected chi connectivity index (χ2v) is 0.238. The molecule has 0 unspecified atom stereocenters. The van der Waals surface area contributed by atoms with Crippen LogP contribution in [-0.2, 0) is 0 Å². The van der Waals surface area contributed by atoms with Crippen LogP contribution in [0.3, 0.4) is 0 Å². The van der Waals surface area contributed by atoms with Gasteiger partial charge >= 0.3 is 29.6 Å². The van der Waals surface area contributed by atoms with Gasteiger partial charge in [-0.25, -0.2) is 0 Å². The standard InChI is InChI=1S/HNO3.H3N.Na/c2-1(3)4;;/h(H,2,3,4);1H3;/q;;+1. The fraction of sp³-hybridized carbons (Fsp3) is 0. The molecule has 6 heteroatoms. The first kappa shape index (κ1) is 16.4. The van der Waals surface area contributed by atoms with E-state index in [9.17, 15) is 0 Å². The van der Waals surface area contributed by atoms with Gasteiger partial charge in [0.25, 0.3) is 5.09 Å². The third-order valence-corrected chi connectivity index (χ3v) is 0. The van der Waals surface area contributed by atoms with E-state index in [1.807, 2.05) is 0 Å². The van der Waals surface area contributed by atoms with Gasteiger partial charge in [0.1, 0.15) is 0 Å². The van der Waals surface area contributed by atoms with Crippen molar-refractivity contribution < 1.29 is 39.9 Å². The fourth-order valence-corrected chi connectivity index (χ4v) is 0. The molecule has 0 spiro atoms. The molecule has 0 heterocycles. The van der Waals surface area contributed by atoms with Crippen LogP contribution in [0.25, 0.3) is 0 Å². The van der Waals surface area contributed by atoms with Crippen molar-refractivity contribution in [2.24, 2.45) is 0 Å². The van der Waals surface area contributed by atoms with Gasteiger partial charge in [-0.2, -0.15) is 0 Å². The number of nitrogens with zero attached hydrogens (tertiary/aromatic N) is 1. The van der Waals surface area contributed by atoms with Gasteiger partial charge in [0.15, 0.2) is 0 Å². The molecule has 0 fully saturated rings. The van der Waals surface area contributed by atoms with Gasteiger partial charge in [-0.05, 0) is 0 Å². The SMILES string of the molecule is N.O=[N+]([O-])O.[Na+]. The number of rotatable bonds is 0. The molecule has 0 radical (unpaired) electrons. The Morgan fingerprint density at radius 3 is 1.67 bits per heavy atom. The van der Waals surface area contributed by atoms with E-state index >= 15 is 0 Å². The second-order valence-electron chi connectivity index (χ2n) is 0.238. The van der Waals surface area contributed by atoms with Gasteiger partial charge in [-0.15, -0.1) is 10.1 Å². The van der Waals surface area contributed by atoms with Crippen molar-refractivity contribution in [3.8, 4) is 0 Å². The molecule has 0 aromatic carbocycles. The van der Waals surface area contributed by atoms with Gasteiger partial charge < -0.3 is 11.4 Å². The van der Waals surface area contributed by atoms with Crippen molar-refractivity contribution in [2.45, 2.75) is 0 Å². The zero-order valence-electron chi connectivity index (χ0n) is 3.42. The average Bonchev–Trinajstić information content (AvgIpc) is 0.811. The van der Waals surface area contributed by atoms with Gasteiger partial charge in [0.05, 0.1) is 0 Å². The molecule has 0 amide bonds. The van der Waals surface area contributed by atoms with E-state index in [2.05, 4.69) is 0 Å². The Kier molecular flexibility index (Phi) is 24.5. The van der Waals surface area contributed by atoms with E-state index in [1.54, 1.807) is 0 Å². The molecule has 0 saturated carbocycles. The predicted octanol–water partition coefficient (Wildman–Crippen LogP) is -3.18.